The predicted molar refractivity (Wildman–Crippen MR) is 126 cm³/mol. The Morgan fingerprint density at radius 3 is 2.32 bits per heavy atom. The molecule has 0 amide bonds. The molecule has 0 saturated carbocycles. The van der Waals surface area contributed by atoms with Gasteiger partial charge in [0.05, 0.1) is 32.7 Å². The van der Waals surface area contributed by atoms with Crippen LogP contribution in [0, 0.1) is 5.92 Å². The summed E-state index contributed by atoms with van der Waals surface area (Å²) in [4.78, 5) is 6.40. The van der Waals surface area contributed by atoms with Gasteiger partial charge < -0.3 is 14.2 Å². The summed E-state index contributed by atoms with van der Waals surface area (Å²) in [6.07, 6.45) is 2.11. The van der Waals surface area contributed by atoms with E-state index in [2.05, 4.69) is 60.7 Å². The van der Waals surface area contributed by atoms with Gasteiger partial charge in [0.25, 0.3) is 0 Å². The highest BCUT2D eigenvalue weighted by Crippen LogP contribution is 2.53. The van der Waals surface area contributed by atoms with Crippen LogP contribution in [0.3, 0.4) is 0 Å². The molecule has 0 N–H and O–H groups in total. The van der Waals surface area contributed by atoms with Gasteiger partial charge in [-0.2, -0.15) is 0 Å². The first-order valence-corrected chi connectivity index (χ1v) is 11.3. The largest absolute Gasteiger partial charge is 0.493 e. The van der Waals surface area contributed by atoms with E-state index in [0.29, 0.717) is 17.2 Å². The van der Waals surface area contributed by atoms with E-state index in [4.69, 9.17) is 19.2 Å². The highest BCUT2D eigenvalue weighted by atomic mass is 32.2. The summed E-state index contributed by atoms with van der Waals surface area (Å²) < 4.78 is 16.9. The van der Waals surface area contributed by atoms with Gasteiger partial charge in [-0.25, -0.2) is 0 Å². The van der Waals surface area contributed by atoms with Gasteiger partial charge in [-0.15, -0.1) is 11.8 Å². The number of aliphatic imine (C=N–C) groups is 1. The summed E-state index contributed by atoms with van der Waals surface area (Å²) >= 11 is 1.88. The number of methoxy groups -OCH3 is 3. The molecule has 2 aliphatic rings. The molecule has 0 radical (unpaired) electrons. The highest BCUT2D eigenvalue weighted by molar-refractivity contribution is 7.99. The predicted octanol–water partition coefficient (Wildman–Crippen LogP) is 6.24. The van der Waals surface area contributed by atoms with Crippen molar-refractivity contribution < 1.29 is 14.2 Å². The van der Waals surface area contributed by atoms with E-state index < -0.39 is 0 Å². The molecule has 1 aliphatic carbocycles. The molecule has 0 unspecified atom stereocenters. The molecule has 1 heterocycles. The van der Waals surface area contributed by atoms with Crippen LogP contribution >= 0.6 is 11.8 Å². The van der Waals surface area contributed by atoms with Crippen molar-refractivity contribution in [1.82, 2.24) is 0 Å². The first kappa shape index (κ1) is 20.0. The van der Waals surface area contributed by atoms with Gasteiger partial charge in [0.2, 0.25) is 5.75 Å². The van der Waals surface area contributed by atoms with Crippen LogP contribution in [0.25, 0.3) is 0 Å². The van der Waals surface area contributed by atoms with Gasteiger partial charge in [-0.1, -0.05) is 36.4 Å². The topological polar surface area (TPSA) is 40.0 Å². The molecule has 5 rings (SSSR count). The van der Waals surface area contributed by atoms with Gasteiger partial charge >= 0.3 is 0 Å². The second-order valence-electron chi connectivity index (χ2n) is 7.76. The van der Waals surface area contributed by atoms with E-state index in [0.717, 1.165) is 24.1 Å². The number of rotatable bonds is 4. The Kier molecular flexibility index (Phi) is 5.36. The molecule has 3 aromatic carbocycles. The molecule has 0 spiro atoms. The van der Waals surface area contributed by atoms with Crippen LogP contribution in [-0.2, 0) is 6.42 Å². The normalized spacial score (nSPS) is 19.3. The Hall–Kier alpha value is -2.92. The number of hydrogen-bond acceptors (Lipinski definition) is 5. The van der Waals surface area contributed by atoms with Gasteiger partial charge in [-0.3, -0.25) is 4.99 Å². The maximum atomic E-state index is 5.66. The fraction of sp³-hybridized carbons (Fsp3) is 0.269. The Morgan fingerprint density at radius 1 is 0.871 bits per heavy atom. The van der Waals surface area contributed by atoms with Gasteiger partial charge in [0, 0.05) is 16.1 Å². The SMILES string of the molecule is COc1cc([C@@H]2Sc3ccccc3N=C3c4ccccc4CC[C@H]32)cc(OC)c1OC. The number of benzene rings is 3. The molecule has 0 bridgehead atoms. The maximum absolute atomic E-state index is 5.66. The Balaban J connectivity index is 1.70. The molecule has 0 aromatic heterocycles. The molecule has 31 heavy (non-hydrogen) atoms. The zero-order valence-corrected chi connectivity index (χ0v) is 18.7. The molecule has 158 valence electrons. The monoisotopic (exact) mass is 431 g/mol. The lowest BCUT2D eigenvalue weighted by atomic mass is 9.78. The fourth-order valence-electron chi connectivity index (χ4n) is 4.64. The van der Waals surface area contributed by atoms with Crippen molar-refractivity contribution in [3.05, 3.63) is 77.4 Å². The van der Waals surface area contributed by atoms with Crippen LogP contribution < -0.4 is 14.2 Å². The van der Waals surface area contributed by atoms with Crippen LogP contribution in [0.5, 0.6) is 17.2 Å². The summed E-state index contributed by atoms with van der Waals surface area (Å²) in [7, 11) is 4.97. The van der Waals surface area contributed by atoms with Crippen LogP contribution in [-0.4, -0.2) is 27.0 Å². The van der Waals surface area contributed by atoms with E-state index in [1.54, 1.807) is 21.3 Å². The average Bonchev–Trinajstić information content (AvgIpc) is 3.00. The van der Waals surface area contributed by atoms with Crippen LogP contribution in [0.15, 0.2) is 70.6 Å². The van der Waals surface area contributed by atoms with Crippen molar-refractivity contribution in [3.63, 3.8) is 0 Å². The zero-order chi connectivity index (χ0) is 21.4. The second-order valence-corrected chi connectivity index (χ2v) is 8.95. The maximum Gasteiger partial charge on any atom is 0.203 e. The lowest BCUT2D eigenvalue weighted by Crippen LogP contribution is -2.27. The molecule has 5 heteroatoms. The summed E-state index contributed by atoms with van der Waals surface area (Å²) in [5, 5.41) is 0.185. The molecule has 2 atom stereocenters. The first-order chi connectivity index (χ1) is 15.2. The van der Waals surface area contributed by atoms with Crippen molar-refractivity contribution >= 4 is 23.2 Å². The van der Waals surface area contributed by atoms with Crippen molar-refractivity contribution in [2.45, 2.75) is 23.0 Å². The molecule has 0 saturated heterocycles. The standard InChI is InChI=1S/C26H25NO3S/c1-28-21-14-17(15-22(29-2)25(21)30-3)26-19-13-12-16-8-4-5-9-18(16)24(19)27-20-10-6-7-11-23(20)31-26/h4-11,14-15,19,26H,12-13H2,1-3H3/t19-,26+/m1/s1. The highest BCUT2D eigenvalue weighted by Gasteiger charge is 2.36. The van der Waals surface area contributed by atoms with E-state index in [9.17, 15) is 0 Å². The Labute approximate surface area is 187 Å². The van der Waals surface area contributed by atoms with Gasteiger partial charge in [-0.05, 0) is 53.8 Å². The average molecular weight is 432 g/mol. The number of hydrogen-bond donors (Lipinski definition) is 0. The fourth-order valence-corrected chi connectivity index (χ4v) is 6.00. The molecule has 0 fully saturated rings. The van der Waals surface area contributed by atoms with Crippen LogP contribution in [0.2, 0.25) is 0 Å². The number of thioether (sulfide) groups is 1. The van der Waals surface area contributed by atoms with Gasteiger partial charge in [0.15, 0.2) is 11.5 Å². The van der Waals surface area contributed by atoms with E-state index in [-0.39, 0.29) is 11.2 Å². The molecular weight excluding hydrogens is 406 g/mol. The third-order valence-corrected chi connectivity index (χ3v) is 7.56. The minimum absolute atomic E-state index is 0.185. The van der Waals surface area contributed by atoms with E-state index in [1.165, 1.54) is 21.7 Å². The number of nitrogens with zero attached hydrogens (tertiary/aromatic N) is 1. The minimum atomic E-state index is 0.185. The zero-order valence-electron chi connectivity index (χ0n) is 17.9. The van der Waals surface area contributed by atoms with Crippen molar-refractivity contribution in [2.24, 2.45) is 10.9 Å². The van der Waals surface area contributed by atoms with Crippen molar-refractivity contribution in [1.29, 1.82) is 0 Å². The smallest absolute Gasteiger partial charge is 0.203 e. The number of fused-ring (bicyclic) bond motifs is 4. The van der Waals surface area contributed by atoms with Crippen molar-refractivity contribution in [2.75, 3.05) is 21.3 Å². The van der Waals surface area contributed by atoms with Gasteiger partial charge in [0.1, 0.15) is 0 Å². The third-order valence-electron chi connectivity index (χ3n) is 6.11. The van der Waals surface area contributed by atoms with E-state index >= 15 is 0 Å². The summed E-state index contributed by atoms with van der Waals surface area (Å²) in [6, 6.07) is 21.3. The van der Waals surface area contributed by atoms with Crippen LogP contribution in [0.4, 0.5) is 5.69 Å². The number of para-hydroxylation sites is 1. The third kappa shape index (κ3) is 3.47. The molecule has 4 nitrogen and oxygen atoms in total. The van der Waals surface area contributed by atoms with E-state index in [1.807, 2.05) is 11.8 Å². The molecular formula is C26H25NO3S. The quantitative estimate of drug-likeness (QED) is 0.490. The minimum Gasteiger partial charge on any atom is -0.493 e. The first-order valence-electron chi connectivity index (χ1n) is 10.5. The Morgan fingerprint density at radius 2 is 1.58 bits per heavy atom. The second kappa shape index (κ2) is 8.31. The lowest BCUT2D eigenvalue weighted by molar-refractivity contribution is 0.323. The summed E-state index contributed by atoms with van der Waals surface area (Å²) in [6.45, 7) is 0. The summed E-state index contributed by atoms with van der Waals surface area (Å²) in [5.41, 5.74) is 6.03. The Bertz CT molecular complexity index is 1130. The number of aryl methyl sites for hydroxylation is 1. The molecule has 1 aliphatic heterocycles. The molecule has 3 aromatic rings. The van der Waals surface area contributed by atoms with Crippen LogP contribution in [0.1, 0.15) is 28.4 Å². The lowest BCUT2D eigenvalue weighted by Gasteiger charge is -2.32. The van der Waals surface area contributed by atoms with Crippen molar-refractivity contribution in [3.8, 4) is 17.2 Å². The number of ether oxygens (including phenoxy) is 3. The summed E-state index contributed by atoms with van der Waals surface area (Å²) in [5.74, 6) is 2.28.